The van der Waals surface area contributed by atoms with Crippen LogP contribution in [0.3, 0.4) is 0 Å². The van der Waals surface area contributed by atoms with Gasteiger partial charge in [0.15, 0.2) is 5.78 Å². The molecule has 0 spiro atoms. The van der Waals surface area contributed by atoms with E-state index in [0.29, 0.717) is 5.56 Å². The Morgan fingerprint density at radius 1 is 1.05 bits per heavy atom. The fourth-order valence-electron chi connectivity index (χ4n) is 1.75. The van der Waals surface area contributed by atoms with Gasteiger partial charge >= 0.3 is 6.18 Å². The van der Waals surface area contributed by atoms with Crippen LogP contribution in [0.4, 0.5) is 13.2 Å². The number of rotatable bonds is 4. The second-order valence-electron chi connectivity index (χ2n) is 5.72. The van der Waals surface area contributed by atoms with Gasteiger partial charge in [-0.05, 0) is 17.4 Å². The number of hydrogen-bond acceptors (Lipinski definition) is 1. The Morgan fingerprint density at radius 2 is 1.58 bits per heavy atom. The van der Waals surface area contributed by atoms with Crippen LogP contribution in [0.5, 0.6) is 0 Å². The Kier molecular flexibility index (Phi) is 4.77. The quantitative estimate of drug-likeness (QED) is 0.712. The number of ketones is 1. The highest BCUT2D eigenvalue weighted by Crippen LogP contribution is 2.24. The molecule has 0 saturated carbocycles. The summed E-state index contributed by atoms with van der Waals surface area (Å²) >= 11 is 0. The molecule has 0 radical (unpaired) electrons. The van der Waals surface area contributed by atoms with Crippen molar-refractivity contribution >= 4 is 5.78 Å². The van der Waals surface area contributed by atoms with Gasteiger partial charge < -0.3 is 0 Å². The molecular formula is C15H19F3O. The van der Waals surface area contributed by atoms with E-state index in [1.54, 1.807) is 12.1 Å². The molecule has 0 fully saturated rings. The summed E-state index contributed by atoms with van der Waals surface area (Å²) in [6.07, 6.45) is -5.30. The second kappa shape index (κ2) is 5.76. The lowest BCUT2D eigenvalue weighted by Crippen LogP contribution is -2.11. The van der Waals surface area contributed by atoms with Crippen molar-refractivity contribution in [1.29, 1.82) is 0 Å². The lowest BCUT2D eigenvalue weighted by molar-refractivity contribution is -0.135. The van der Waals surface area contributed by atoms with Crippen LogP contribution in [0.1, 0.15) is 56.0 Å². The van der Waals surface area contributed by atoms with E-state index in [0.717, 1.165) is 5.56 Å². The maximum atomic E-state index is 12.0. The van der Waals surface area contributed by atoms with Crippen molar-refractivity contribution in [2.24, 2.45) is 0 Å². The average molecular weight is 272 g/mol. The van der Waals surface area contributed by atoms with Gasteiger partial charge in [-0.15, -0.1) is 0 Å². The zero-order valence-electron chi connectivity index (χ0n) is 11.5. The molecule has 0 heterocycles. The van der Waals surface area contributed by atoms with E-state index in [1.807, 2.05) is 12.1 Å². The Balaban J connectivity index is 2.59. The van der Waals surface area contributed by atoms with Gasteiger partial charge in [0.2, 0.25) is 0 Å². The van der Waals surface area contributed by atoms with Crippen LogP contribution in [0, 0.1) is 0 Å². The van der Waals surface area contributed by atoms with Gasteiger partial charge in [0.05, 0.1) is 0 Å². The highest BCUT2D eigenvalue weighted by molar-refractivity contribution is 5.96. The van der Waals surface area contributed by atoms with Crippen LogP contribution in [-0.2, 0) is 5.41 Å². The second-order valence-corrected chi connectivity index (χ2v) is 5.72. The number of Topliss-reactive ketones (excluding diaryl/α,β-unsaturated/α-hetero) is 1. The summed E-state index contributed by atoms with van der Waals surface area (Å²) in [7, 11) is 0. The Hall–Kier alpha value is -1.32. The number of carbonyl (C=O) groups is 1. The fourth-order valence-corrected chi connectivity index (χ4v) is 1.75. The standard InChI is InChI=1S/C15H19F3O/c1-14(2,3)12-8-6-11(7-9-12)13(19)5-4-10-15(16,17)18/h6-9H,4-5,10H2,1-3H3. The minimum atomic E-state index is -4.18. The van der Waals surface area contributed by atoms with Crippen molar-refractivity contribution in [1.82, 2.24) is 0 Å². The first-order chi connectivity index (χ1) is 8.59. The summed E-state index contributed by atoms with van der Waals surface area (Å²) < 4.78 is 35.9. The summed E-state index contributed by atoms with van der Waals surface area (Å²) in [4.78, 5) is 11.7. The van der Waals surface area contributed by atoms with E-state index >= 15 is 0 Å². The summed E-state index contributed by atoms with van der Waals surface area (Å²) in [6.45, 7) is 6.19. The van der Waals surface area contributed by atoms with E-state index < -0.39 is 12.6 Å². The number of benzene rings is 1. The highest BCUT2D eigenvalue weighted by Gasteiger charge is 2.26. The molecule has 1 rings (SSSR count). The fraction of sp³-hybridized carbons (Fsp3) is 0.533. The number of hydrogen-bond donors (Lipinski definition) is 0. The molecule has 0 atom stereocenters. The third-order valence-electron chi connectivity index (χ3n) is 2.94. The third-order valence-corrected chi connectivity index (χ3v) is 2.94. The van der Waals surface area contributed by atoms with E-state index in [1.165, 1.54) is 0 Å². The van der Waals surface area contributed by atoms with Crippen molar-refractivity contribution in [3.05, 3.63) is 35.4 Å². The molecule has 0 aliphatic rings. The molecule has 1 aromatic carbocycles. The van der Waals surface area contributed by atoms with Gasteiger partial charge in [0, 0.05) is 18.4 Å². The molecule has 0 saturated heterocycles. The van der Waals surface area contributed by atoms with Crippen LogP contribution < -0.4 is 0 Å². The first-order valence-electron chi connectivity index (χ1n) is 6.30. The highest BCUT2D eigenvalue weighted by atomic mass is 19.4. The molecular weight excluding hydrogens is 253 g/mol. The predicted molar refractivity (Wildman–Crippen MR) is 69.4 cm³/mol. The molecule has 0 amide bonds. The first kappa shape index (κ1) is 15.7. The normalized spacial score (nSPS) is 12.5. The Bertz CT molecular complexity index is 424. The maximum absolute atomic E-state index is 12.0. The van der Waals surface area contributed by atoms with E-state index in [2.05, 4.69) is 20.8 Å². The maximum Gasteiger partial charge on any atom is 0.389 e. The van der Waals surface area contributed by atoms with Gasteiger partial charge in [-0.1, -0.05) is 45.0 Å². The number of alkyl halides is 3. The third kappa shape index (κ3) is 5.45. The zero-order chi connectivity index (χ0) is 14.7. The van der Waals surface area contributed by atoms with Crippen LogP contribution in [0.15, 0.2) is 24.3 Å². The Labute approximate surface area is 111 Å². The predicted octanol–water partition coefficient (Wildman–Crippen LogP) is 4.90. The average Bonchev–Trinajstić information content (AvgIpc) is 2.26. The lowest BCUT2D eigenvalue weighted by atomic mass is 9.86. The van der Waals surface area contributed by atoms with Gasteiger partial charge in [-0.3, -0.25) is 4.79 Å². The van der Waals surface area contributed by atoms with E-state index in [-0.39, 0.29) is 24.0 Å². The molecule has 106 valence electrons. The van der Waals surface area contributed by atoms with Gasteiger partial charge in [-0.25, -0.2) is 0 Å². The monoisotopic (exact) mass is 272 g/mol. The van der Waals surface area contributed by atoms with E-state index in [9.17, 15) is 18.0 Å². The van der Waals surface area contributed by atoms with Gasteiger partial charge in [0.1, 0.15) is 0 Å². The minimum Gasteiger partial charge on any atom is -0.294 e. The molecule has 19 heavy (non-hydrogen) atoms. The molecule has 0 aromatic heterocycles. The molecule has 1 nitrogen and oxygen atoms in total. The van der Waals surface area contributed by atoms with Crippen molar-refractivity contribution in [3.63, 3.8) is 0 Å². The number of carbonyl (C=O) groups excluding carboxylic acids is 1. The van der Waals surface area contributed by atoms with Crippen LogP contribution >= 0.6 is 0 Å². The van der Waals surface area contributed by atoms with Crippen LogP contribution in [0.25, 0.3) is 0 Å². The molecule has 4 heteroatoms. The topological polar surface area (TPSA) is 17.1 Å². The molecule has 0 aliphatic carbocycles. The summed E-state index contributed by atoms with van der Waals surface area (Å²) in [5.41, 5.74) is 1.58. The summed E-state index contributed by atoms with van der Waals surface area (Å²) in [6, 6.07) is 7.10. The van der Waals surface area contributed by atoms with Crippen molar-refractivity contribution in [3.8, 4) is 0 Å². The zero-order valence-corrected chi connectivity index (χ0v) is 11.5. The molecule has 0 N–H and O–H groups in total. The summed E-state index contributed by atoms with van der Waals surface area (Å²) in [5, 5.41) is 0. The van der Waals surface area contributed by atoms with Crippen molar-refractivity contribution in [2.45, 2.75) is 51.6 Å². The SMILES string of the molecule is CC(C)(C)c1ccc(C(=O)CCCC(F)(F)F)cc1. The van der Waals surface area contributed by atoms with Gasteiger partial charge in [-0.2, -0.15) is 13.2 Å². The first-order valence-corrected chi connectivity index (χ1v) is 6.30. The van der Waals surface area contributed by atoms with Crippen molar-refractivity contribution in [2.75, 3.05) is 0 Å². The minimum absolute atomic E-state index is 0.00212. The van der Waals surface area contributed by atoms with Crippen LogP contribution in [-0.4, -0.2) is 12.0 Å². The van der Waals surface area contributed by atoms with E-state index in [4.69, 9.17) is 0 Å². The van der Waals surface area contributed by atoms with Crippen LogP contribution in [0.2, 0.25) is 0 Å². The van der Waals surface area contributed by atoms with Gasteiger partial charge in [0.25, 0.3) is 0 Å². The number of halogens is 3. The molecule has 0 aliphatic heterocycles. The Morgan fingerprint density at radius 3 is 2.00 bits per heavy atom. The molecule has 0 bridgehead atoms. The largest absolute Gasteiger partial charge is 0.389 e. The molecule has 1 aromatic rings. The summed E-state index contributed by atoms with van der Waals surface area (Å²) in [5.74, 6) is -0.232. The molecule has 0 unspecified atom stereocenters. The lowest BCUT2D eigenvalue weighted by Gasteiger charge is -2.19. The smallest absolute Gasteiger partial charge is 0.294 e. The van der Waals surface area contributed by atoms with Crippen molar-refractivity contribution < 1.29 is 18.0 Å².